The maximum atomic E-state index is 12.2. The summed E-state index contributed by atoms with van der Waals surface area (Å²) in [6, 6.07) is 4.66. The molecular weight excluding hydrogens is 282 g/mol. The molecule has 0 atom stereocenters. The van der Waals surface area contributed by atoms with Gasteiger partial charge in [0.1, 0.15) is 0 Å². The maximum absolute atomic E-state index is 12.2. The van der Waals surface area contributed by atoms with Crippen molar-refractivity contribution in [1.82, 2.24) is 0 Å². The van der Waals surface area contributed by atoms with Crippen LogP contribution in [0.25, 0.3) is 0 Å². The maximum Gasteiger partial charge on any atom is 0.355 e. The van der Waals surface area contributed by atoms with Crippen LogP contribution >= 0.6 is 11.8 Å². The second-order valence-corrected chi connectivity index (χ2v) is 6.32. The smallest absolute Gasteiger partial charge is 0.355 e. The summed E-state index contributed by atoms with van der Waals surface area (Å²) in [6.07, 6.45) is 0.952. The van der Waals surface area contributed by atoms with Gasteiger partial charge in [0.05, 0.1) is 11.4 Å². The van der Waals surface area contributed by atoms with Gasteiger partial charge in [-0.1, -0.05) is 6.92 Å². The summed E-state index contributed by atoms with van der Waals surface area (Å²) in [7, 11) is -4.68. The molecule has 0 bridgehead atoms. The molecule has 4 nitrogen and oxygen atoms in total. The molecular formula is C10H14F2N2O2S2. The fraction of sp³-hybridized carbons (Fsp3) is 0.400. The van der Waals surface area contributed by atoms with Gasteiger partial charge in [0, 0.05) is 4.90 Å². The Bertz CT molecular complexity index is 507. The summed E-state index contributed by atoms with van der Waals surface area (Å²) in [5.41, 5.74) is 5.64. The SMILES string of the molecule is CCCSc1ccc(N)c(NS(=O)(=O)C(F)F)c1. The summed E-state index contributed by atoms with van der Waals surface area (Å²) in [4.78, 5) is 0.776. The number of hydrogen-bond acceptors (Lipinski definition) is 4. The average molecular weight is 296 g/mol. The molecule has 0 aliphatic heterocycles. The van der Waals surface area contributed by atoms with Gasteiger partial charge in [-0.3, -0.25) is 4.72 Å². The number of benzene rings is 1. The van der Waals surface area contributed by atoms with Crippen LogP contribution in [0.1, 0.15) is 13.3 Å². The van der Waals surface area contributed by atoms with Crippen molar-refractivity contribution < 1.29 is 17.2 Å². The van der Waals surface area contributed by atoms with Crippen LogP contribution in [0.15, 0.2) is 23.1 Å². The van der Waals surface area contributed by atoms with Crippen LogP contribution in [-0.4, -0.2) is 19.9 Å². The lowest BCUT2D eigenvalue weighted by Crippen LogP contribution is -2.21. The highest BCUT2D eigenvalue weighted by Crippen LogP contribution is 2.28. The molecule has 0 spiro atoms. The Hall–Kier alpha value is -1.02. The monoisotopic (exact) mass is 296 g/mol. The lowest BCUT2D eigenvalue weighted by Gasteiger charge is -2.11. The molecule has 0 fully saturated rings. The number of hydrogen-bond donors (Lipinski definition) is 2. The Balaban J connectivity index is 2.94. The fourth-order valence-corrected chi connectivity index (χ4v) is 2.51. The lowest BCUT2D eigenvalue weighted by atomic mass is 10.3. The van der Waals surface area contributed by atoms with Crippen molar-refractivity contribution in [3.05, 3.63) is 18.2 Å². The van der Waals surface area contributed by atoms with E-state index in [0.717, 1.165) is 17.1 Å². The van der Waals surface area contributed by atoms with E-state index in [1.54, 1.807) is 10.8 Å². The number of thioether (sulfide) groups is 1. The summed E-state index contributed by atoms with van der Waals surface area (Å²) >= 11 is 1.50. The van der Waals surface area contributed by atoms with Crippen LogP contribution < -0.4 is 10.5 Å². The van der Waals surface area contributed by atoms with Crippen LogP contribution in [0.2, 0.25) is 0 Å². The van der Waals surface area contributed by atoms with Gasteiger partial charge in [0.25, 0.3) is 10.0 Å². The first kappa shape index (κ1) is 15.0. The van der Waals surface area contributed by atoms with Gasteiger partial charge in [-0.15, -0.1) is 11.8 Å². The van der Waals surface area contributed by atoms with Gasteiger partial charge >= 0.3 is 5.76 Å². The van der Waals surface area contributed by atoms with Gasteiger partial charge in [-0.2, -0.15) is 8.78 Å². The molecule has 0 unspecified atom stereocenters. The van der Waals surface area contributed by atoms with Crippen molar-refractivity contribution in [2.75, 3.05) is 16.2 Å². The molecule has 0 radical (unpaired) electrons. The summed E-state index contributed by atoms with van der Waals surface area (Å²) < 4.78 is 48.4. The highest BCUT2D eigenvalue weighted by atomic mass is 32.2. The highest BCUT2D eigenvalue weighted by Gasteiger charge is 2.24. The first-order valence-corrected chi connectivity index (χ1v) is 7.72. The first-order valence-electron chi connectivity index (χ1n) is 5.19. The Morgan fingerprint density at radius 1 is 1.44 bits per heavy atom. The minimum atomic E-state index is -4.68. The molecule has 8 heteroatoms. The molecule has 3 N–H and O–H groups in total. The number of sulfonamides is 1. The topological polar surface area (TPSA) is 72.2 Å². The molecule has 0 aromatic heterocycles. The number of nitrogens with two attached hydrogens (primary N) is 1. The highest BCUT2D eigenvalue weighted by molar-refractivity contribution is 7.99. The number of halogens is 2. The van der Waals surface area contributed by atoms with Crippen LogP contribution in [0.3, 0.4) is 0 Å². The normalized spacial score (nSPS) is 11.8. The molecule has 1 aromatic carbocycles. The largest absolute Gasteiger partial charge is 0.397 e. The molecule has 1 aromatic rings. The van der Waals surface area contributed by atoms with E-state index in [-0.39, 0.29) is 11.4 Å². The van der Waals surface area contributed by atoms with E-state index in [9.17, 15) is 17.2 Å². The standard InChI is InChI=1S/C10H14F2N2O2S2/c1-2-5-17-7-3-4-8(13)9(6-7)14-18(15,16)10(11)12/h3-4,6,10,14H,2,5,13H2,1H3. The molecule has 18 heavy (non-hydrogen) atoms. The van der Waals surface area contributed by atoms with Crippen molar-refractivity contribution in [1.29, 1.82) is 0 Å². The number of anilines is 2. The van der Waals surface area contributed by atoms with Gasteiger partial charge in [-0.25, -0.2) is 8.42 Å². The van der Waals surface area contributed by atoms with E-state index in [2.05, 4.69) is 0 Å². The Kier molecular flexibility index (Phi) is 5.21. The first-order chi connectivity index (χ1) is 8.36. The van der Waals surface area contributed by atoms with E-state index >= 15 is 0 Å². The average Bonchev–Trinajstić information content (AvgIpc) is 2.29. The summed E-state index contributed by atoms with van der Waals surface area (Å²) in [6.45, 7) is 2.00. The molecule has 102 valence electrons. The van der Waals surface area contributed by atoms with Crippen LogP contribution in [0.4, 0.5) is 20.2 Å². The van der Waals surface area contributed by atoms with Crippen molar-refractivity contribution >= 4 is 33.2 Å². The van der Waals surface area contributed by atoms with E-state index in [1.165, 1.54) is 23.9 Å². The third-order valence-corrected chi connectivity index (χ3v) is 4.16. The van der Waals surface area contributed by atoms with E-state index < -0.39 is 15.8 Å². The zero-order valence-electron chi connectivity index (χ0n) is 9.69. The Morgan fingerprint density at radius 3 is 2.67 bits per heavy atom. The number of rotatable bonds is 6. The third-order valence-electron chi connectivity index (χ3n) is 1.98. The van der Waals surface area contributed by atoms with Crippen molar-refractivity contribution in [3.63, 3.8) is 0 Å². The van der Waals surface area contributed by atoms with Gasteiger partial charge in [0.2, 0.25) is 0 Å². The van der Waals surface area contributed by atoms with Gasteiger partial charge in [0.15, 0.2) is 0 Å². The van der Waals surface area contributed by atoms with E-state index in [0.29, 0.717) is 0 Å². The van der Waals surface area contributed by atoms with Gasteiger partial charge < -0.3 is 5.73 Å². The third kappa shape index (κ3) is 4.02. The summed E-state index contributed by atoms with van der Waals surface area (Å²) in [5.74, 6) is -2.63. The Labute approximate surface area is 109 Å². The predicted molar refractivity (Wildman–Crippen MR) is 70.4 cm³/mol. The molecule has 0 heterocycles. The molecule has 1 rings (SSSR count). The predicted octanol–water partition coefficient (Wildman–Crippen LogP) is 2.74. The van der Waals surface area contributed by atoms with Crippen molar-refractivity contribution in [3.8, 4) is 0 Å². The van der Waals surface area contributed by atoms with Gasteiger partial charge in [-0.05, 0) is 30.4 Å². The number of nitrogen functional groups attached to an aromatic ring is 1. The second-order valence-electron chi connectivity index (χ2n) is 3.51. The second kappa shape index (κ2) is 6.24. The molecule has 0 aliphatic carbocycles. The number of alkyl halides is 2. The van der Waals surface area contributed by atoms with Crippen LogP contribution in [0.5, 0.6) is 0 Å². The Morgan fingerprint density at radius 2 is 2.11 bits per heavy atom. The van der Waals surface area contributed by atoms with Crippen LogP contribution in [0, 0.1) is 0 Å². The van der Waals surface area contributed by atoms with Crippen molar-refractivity contribution in [2.24, 2.45) is 0 Å². The molecule has 0 aliphatic rings. The quantitative estimate of drug-likeness (QED) is 0.625. The minimum Gasteiger partial charge on any atom is -0.397 e. The van der Waals surface area contributed by atoms with Crippen molar-refractivity contribution in [2.45, 2.75) is 24.0 Å². The zero-order chi connectivity index (χ0) is 13.8. The molecule has 0 saturated heterocycles. The van der Waals surface area contributed by atoms with Crippen LogP contribution in [-0.2, 0) is 10.0 Å². The molecule has 0 amide bonds. The number of nitrogens with one attached hydrogen (secondary N) is 1. The lowest BCUT2D eigenvalue weighted by molar-refractivity contribution is 0.236. The van der Waals surface area contributed by atoms with E-state index in [1.807, 2.05) is 6.92 Å². The van der Waals surface area contributed by atoms with E-state index in [4.69, 9.17) is 5.73 Å². The molecule has 0 saturated carbocycles. The summed E-state index contributed by atoms with van der Waals surface area (Å²) in [5, 5.41) is 0. The zero-order valence-corrected chi connectivity index (χ0v) is 11.3. The fourth-order valence-electron chi connectivity index (χ4n) is 1.13. The minimum absolute atomic E-state index is 0.0172.